The van der Waals surface area contributed by atoms with E-state index in [-0.39, 0.29) is 0 Å². The SMILES string of the molecule is CCCC1CC(N(CC)CC)=CCC1Cl. The number of hydrogen-bond donors (Lipinski definition) is 0. The molecule has 0 aromatic rings. The van der Waals surface area contributed by atoms with Crippen LogP contribution in [-0.2, 0) is 0 Å². The monoisotopic (exact) mass is 229 g/mol. The van der Waals surface area contributed by atoms with Crippen LogP contribution in [0.1, 0.15) is 46.5 Å². The van der Waals surface area contributed by atoms with Crippen LogP contribution in [0, 0.1) is 5.92 Å². The molecule has 0 radical (unpaired) electrons. The Morgan fingerprint density at radius 3 is 2.53 bits per heavy atom. The Balaban J connectivity index is 2.60. The summed E-state index contributed by atoms with van der Waals surface area (Å²) in [5.74, 6) is 0.692. The van der Waals surface area contributed by atoms with Crippen LogP contribution in [0.25, 0.3) is 0 Å². The van der Waals surface area contributed by atoms with Gasteiger partial charge in [-0.3, -0.25) is 0 Å². The molecule has 0 aromatic carbocycles. The van der Waals surface area contributed by atoms with Gasteiger partial charge < -0.3 is 4.90 Å². The third-order valence-electron chi connectivity index (χ3n) is 3.39. The van der Waals surface area contributed by atoms with E-state index in [4.69, 9.17) is 11.6 Å². The minimum absolute atomic E-state index is 0.365. The Kier molecular flexibility index (Phi) is 5.52. The van der Waals surface area contributed by atoms with Gasteiger partial charge in [-0.2, -0.15) is 0 Å². The molecule has 0 heterocycles. The Morgan fingerprint density at radius 1 is 1.33 bits per heavy atom. The van der Waals surface area contributed by atoms with Crippen molar-refractivity contribution < 1.29 is 0 Å². The minimum atomic E-state index is 0.365. The molecule has 2 heteroatoms. The summed E-state index contributed by atoms with van der Waals surface area (Å²) in [6, 6.07) is 0. The molecule has 0 N–H and O–H groups in total. The van der Waals surface area contributed by atoms with Gasteiger partial charge in [-0.05, 0) is 39.0 Å². The third-order valence-corrected chi connectivity index (χ3v) is 3.93. The van der Waals surface area contributed by atoms with Gasteiger partial charge in [0.1, 0.15) is 0 Å². The second-order valence-electron chi connectivity index (χ2n) is 4.37. The van der Waals surface area contributed by atoms with Gasteiger partial charge in [0.05, 0.1) is 0 Å². The molecular formula is C13H24ClN. The van der Waals surface area contributed by atoms with E-state index in [1.165, 1.54) is 25.0 Å². The van der Waals surface area contributed by atoms with E-state index in [9.17, 15) is 0 Å². The summed E-state index contributed by atoms with van der Waals surface area (Å²) in [5.41, 5.74) is 1.52. The Morgan fingerprint density at radius 2 is 2.00 bits per heavy atom. The van der Waals surface area contributed by atoms with Gasteiger partial charge in [-0.15, -0.1) is 11.6 Å². The topological polar surface area (TPSA) is 3.24 Å². The Labute approximate surface area is 99.5 Å². The lowest BCUT2D eigenvalue weighted by molar-refractivity contribution is 0.316. The first-order valence-electron chi connectivity index (χ1n) is 6.30. The zero-order chi connectivity index (χ0) is 11.3. The molecule has 0 bridgehead atoms. The fraction of sp³-hybridized carbons (Fsp3) is 0.846. The van der Waals surface area contributed by atoms with Gasteiger partial charge >= 0.3 is 0 Å². The van der Waals surface area contributed by atoms with Crippen LogP contribution in [0.5, 0.6) is 0 Å². The van der Waals surface area contributed by atoms with Crippen molar-refractivity contribution in [2.45, 2.75) is 51.8 Å². The standard InChI is InChI=1S/C13H24ClN/c1-4-7-11-10-12(8-9-13(11)14)15(5-2)6-3/h8,11,13H,4-7,9-10H2,1-3H3. The van der Waals surface area contributed by atoms with Crippen LogP contribution < -0.4 is 0 Å². The van der Waals surface area contributed by atoms with Crippen molar-refractivity contribution in [3.63, 3.8) is 0 Å². The van der Waals surface area contributed by atoms with Crippen LogP contribution in [-0.4, -0.2) is 23.4 Å². The highest BCUT2D eigenvalue weighted by Gasteiger charge is 2.24. The molecule has 0 spiro atoms. The Hall–Kier alpha value is -0.170. The van der Waals surface area contributed by atoms with Crippen molar-refractivity contribution >= 4 is 11.6 Å². The van der Waals surface area contributed by atoms with E-state index in [1.807, 2.05) is 0 Å². The first kappa shape index (κ1) is 12.9. The van der Waals surface area contributed by atoms with Crippen LogP contribution in [0.3, 0.4) is 0 Å². The summed E-state index contributed by atoms with van der Waals surface area (Å²) in [4.78, 5) is 2.46. The summed E-state index contributed by atoms with van der Waals surface area (Å²) in [6.07, 6.45) is 7.10. The quantitative estimate of drug-likeness (QED) is 0.644. The number of halogens is 1. The first-order chi connectivity index (χ1) is 7.22. The summed E-state index contributed by atoms with van der Waals surface area (Å²) >= 11 is 6.35. The van der Waals surface area contributed by atoms with Gasteiger partial charge in [0.15, 0.2) is 0 Å². The van der Waals surface area contributed by atoms with E-state index in [1.54, 1.807) is 0 Å². The molecule has 1 aliphatic carbocycles. The molecular weight excluding hydrogens is 206 g/mol. The molecule has 0 saturated carbocycles. The first-order valence-corrected chi connectivity index (χ1v) is 6.74. The maximum Gasteiger partial charge on any atom is 0.0403 e. The maximum atomic E-state index is 6.35. The van der Waals surface area contributed by atoms with Crippen molar-refractivity contribution in [3.05, 3.63) is 11.8 Å². The van der Waals surface area contributed by atoms with Crippen LogP contribution >= 0.6 is 11.6 Å². The average Bonchev–Trinajstić information content (AvgIpc) is 2.25. The third kappa shape index (κ3) is 3.41. The normalized spacial score (nSPS) is 26.3. The Bertz CT molecular complexity index is 209. The zero-order valence-corrected chi connectivity index (χ0v) is 11.1. The van der Waals surface area contributed by atoms with Gasteiger partial charge in [-0.25, -0.2) is 0 Å². The smallest absolute Gasteiger partial charge is 0.0403 e. The number of alkyl halides is 1. The molecule has 1 nitrogen and oxygen atoms in total. The van der Waals surface area contributed by atoms with Crippen molar-refractivity contribution in [1.82, 2.24) is 4.90 Å². The highest BCUT2D eigenvalue weighted by Crippen LogP contribution is 2.32. The van der Waals surface area contributed by atoms with Crippen molar-refractivity contribution in [2.24, 2.45) is 5.92 Å². The molecule has 88 valence electrons. The van der Waals surface area contributed by atoms with Gasteiger partial charge in [-0.1, -0.05) is 19.4 Å². The second-order valence-corrected chi connectivity index (χ2v) is 4.93. The second kappa shape index (κ2) is 6.42. The van der Waals surface area contributed by atoms with Crippen molar-refractivity contribution in [2.75, 3.05) is 13.1 Å². The van der Waals surface area contributed by atoms with Gasteiger partial charge in [0.25, 0.3) is 0 Å². The highest BCUT2D eigenvalue weighted by atomic mass is 35.5. The van der Waals surface area contributed by atoms with E-state index in [2.05, 4.69) is 31.7 Å². The number of nitrogens with zero attached hydrogens (tertiary/aromatic N) is 1. The molecule has 0 amide bonds. The van der Waals surface area contributed by atoms with E-state index >= 15 is 0 Å². The largest absolute Gasteiger partial charge is 0.376 e. The zero-order valence-electron chi connectivity index (χ0n) is 10.3. The predicted octanol–water partition coefficient (Wildman–Crippen LogP) is 4.03. The van der Waals surface area contributed by atoms with E-state index in [0.29, 0.717) is 11.3 Å². The number of hydrogen-bond acceptors (Lipinski definition) is 1. The van der Waals surface area contributed by atoms with Crippen LogP contribution in [0.2, 0.25) is 0 Å². The molecule has 0 fully saturated rings. The highest BCUT2D eigenvalue weighted by molar-refractivity contribution is 6.21. The number of allylic oxidation sites excluding steroid dienone is 2. The molecule has 2 unspecified atom stereocenters. The number of rotatable bonds is 5. The molecule has 0 aromatic heterocycles. The lowest BCUT2D eigenvalue weighted by Crippen LogP contribution is -2.29. The fourth-order valence-corrected chi connectivity index (χ4v) is 2.77. The molecule has 2 atom stereocenters. The average molecular weight is 230 g/mol. The molecule has 15 heavy (non-hydrogen) atoms. The molecule has 0 saturated heterocycles. The molecule has 1 aliphatic rings. The fourth-order valence-electron chi connectivity index (χ4n) is 2.46. The maximum absolute atomic E-state index is 6.35. The van der Waals surface area contributed by atoms with Crippen LogP contribution in [0.15, 0.2) is 11.8 Å². The van der Waals surface area contributed by atoms with E-state index in [0.717, 1.165) is 19.5 Å². The lowest BCUT2D eigenvalue weighted by atomic mass is 9.87. The molecule has 0 aliphatic heterocycles. The minimum Gasteiger partial charge on any atom is -0.376 e. The van der Waals surface area contributed by atoms with Crippen molar-refractivity contribution in [1.29, 1.82) is 0 Å². The van der Waals surface area contributed by atoms with Gasteiger partial charge in [0, 0.05) is 24.2 Å². The molecule has 1 rings (SSSR count). The van der Waals surface area contributed by atoms with Crippen LogP contribution in [0.4, 0.5) is 0 Å². The van der Waals surface area contributed by atoms with Gasteiger partial charge in [0.2, 0.25) is 0 Å². The predicted molar refractivity (Wildman–Crippen MR) is 68.3 cm³/mol. The summed E-state index contributed by atoms with van der Waals surface area (Å²) in [5, 5.41) is 0.365. The van der Waals surface area contributed by atoms with E-state index < -0.39 is 0 Å². The lowest BCUT2D eigenvalue weighted by Gasteiger charge is -2.33. The summed E-state index contributed by atoms with van der Waals surface area (Å²) in [6.45, 7) is 8.94. The van der Waals surface area contributed by atoms with Crippen molar-refractivity contribution in [3.8, 4) is 0 Å². The summed E-state index contributed by atoms with van der Waals surface area (Å²) < 4.78 is 0. The summed E-state index contributed by atoms with van der Waals surface area (Å²) in [7, 11) is 0.